The summed E-state index contributed by atoms with van der Waals surface area (Å²) in [6, 6.07) is 17.9. The van der Waals surface area contributed by atoms with Crippen molar-refractivity contribution < 1.29 is 4.79 Å². The first-order valence-corrected chi connectivity index (χ1v) is 6.06. The second kappa shape index (κ2) is 4.53. The van der Waals surface area contributed by atoms with Gasteiger partial charge >= 0.3 is 0 Å². The average molecular weight is 238 g/mol. The zero-order valence-electron chi connectivity index (χ0n) is 9.97. The molecule has 0 radical (unpaired) electrons. The van der Waals surface area contributed by atoms with Crippen molar-refractivity contribution in [1.82, 2.24) is 5.32 Å². The molecule has 1 heterocycles. The highest BCUT2D eigenvalue weighted by Crippen LogP contribution is 2.29. The lowest BCUT2D eigenvalue weighted by atomic mass is 10.1. The van der Waals surface area contributed by atoms with Crippen molar-refractivity contribution in [1.29, 1.82) is 0 Å². The molecule has 1 N–H and O–H groups in total. The average Bonchev–Trinajstić information content (AvgIpc) is 2.60. The molecular weight excluding hydrogens is 224 g/mol. The van der Waals surface area contributed by atoms with Crippen molar-refractivity contribution in [3.8, 4) is 0 Å². The summed E-state index contributed by atoms with van der Waals surface area (Å²) in [6.07, 6.45) is 0. The molecular formula is C15H14N2O. The number of benzene rings is 2. The van der Waals surface area contributed by atoms with Gasteiger partial charge in [0, 0.05) is 18.8 Å². The van der Waals surface area contributed by atoms with Gasteiger partial charge < -0.3 is 10.2 Å². The molecule has 18 heavy (non-hydrogen) atoms. The van der Waals surface area contributed by atoms with Gasteiger partial charge in [-0.15, -0.1) is 0 Å². The van der Waals surface area contributed by atoms with Gasteiger partial charge in [0.05, 0.1) is 11.3 Å². The van der Waals surface area contributed by atoms with E-state index in [2.05, 4.69) is 22.3 Å². The van der Waals surface area contributed by atoms with Gasteiger partial charge in [-0.2, -0.15) is 0 Å². The lowest BCUT2D eigenvalue weighted by Gasteiger charge is -2.23. The predicted octanol–water partition coefficient (Wildman–Crippen LogP) is 2.57. The summed E-state index contributed by atoms with van der Waals surface area (Å²) in [5.41, 5.74) is 2.82. The highest BCUT2D eigenvalue weighted by atomic mass is 16.1. The van der Waals surface area contributed by atoms with E-state index >= 15 is 0 Å². The second-order valence-electron chi connectivity index (χ2n) is 4.26. The number of nitrogens with one attached hydrogen (secondary N) is 1. The van der Waals surface area contributed by atoms with Crippen LogP contribution in [0.3, 0.4) is 0 Å². The molecule has 2 aromatic carbocycles. The molecule has 3 rings (SSSR count). The van der Waals surface area contributed by atoms with Crippen LogP contribution in [0.4, 0.5) is 11.4 Å². The zero-order valence-corrected chi connectivity index (χ0v) is 9.97. The maximum atomic E-state index is 11.9. The summed E-state index contributed by atoms with van der Waals surface area (Å²) in [5.74, 6) is 0.00373. The van der Waals surface area contributed by atoms with E-state index in [-0.39, 0.29) is 5.91 Å². The van der Waals surface area contributed by atoms with Crippen molar-refractivity contribution >= 4 is 17.3 Å². The van der Waals surface area contributed by atoms with Gasteiger partial charge in [0.15, 0.2) is 0 Å². The molecule has 1 amide bonds. The molecule has 1 aliphatic rings. The van der Waals surface area contributed by atoms with E-state index in [1.165, 1.54) is 0 Å². The molecule has 90 valence electrons. The van der Waals surface area contributed by atoms with Crippen LogP contribution in [0.15, 0.2) is 54.6 Å². The van der Waals surface area contributed by atoms with Crippen LogP contribution in [0.1, 0.15) is 10.4 Å². The minimum atomic E-state index is 0.00373. The quantitative estimate of drug-likeness (QED) is 0.828. The molecule has 1 aliphatic heterocycles. The summed E-state index contributed by atoms with van der Waals surface area (Å²) in [4.78, 5) is 14.1. The number of nitrogens with zero attached hydrogens (tertiary/aromatic N) is 1. The molecule has 3 nitrogen and oxygen atoms in total. The molecule has 0 bridgehead atoms. The normalized spacial score (nSPS) is 14.7. The van der Waals surface area contributed by atoms with Crippen molar-refractivity contribution in [2.24, 2.45) is 0 Å². The third kappa shape index (κ3) is 1.84. The van der Waals surface area contributed by atoms with E-state index < -0.39 is 0 Å². The topological polar surface area (TPSA) is 32.3 Å². The molecule has 0 unspecified atom stereocenters. The Morgan fingerprint density at radius 3 is 2.50 bits per heavy atom. The van der Waals surface area contributed by atoms with Crippen molar-refractivity contribution in [2.75, 3.05) is 18.0 Å². The van der Waals surface area contributed by atoms with Crippen LogP contribution in [0.2, 0.25) is 0 Å². The lowest BCUT2D eigenvalue weighted by Crippen LogP contribution is -2.27. The van der Waals surface area contributed by atoms with Crippen LogP contribution in [0, 0.1) is 0 Å². The van der Waals surface area contributed by atoms with Gasteiger partial charge in [0.25, 0.3) is 5.91 Å². The Bertz CT molecular complexity index is 566. The van der Waals surface area contributed by atoms with E-state index in [9.17, 15) is 4.79 Å². The van der Waals surface area contributed by atoms with Gasteiger partial charge in [-0.1, -0.05) is 30.3 Å². The highest BCUT2D eigenvalue weighted by molar-refractivity contribution is 6.01. The molecule has 0 spiro atoms. The Labute approximate surface area is 106 Å². The van der Waals surface area contributed by atoms with Crippen LogP contribution in [0.25, 0.3) is 0 Å². The number of para-hydroxylation sites is 2. The summed E-state index contributed by atoms with van der Waals surface area (Å²) in [7, 11) is 0. The third-order valence-electron chi connectivity index (χ3n) is 3.13. The van der Waals surface area contributed by atoms with Gasteiger partial charge in [-0.3, -0.25) is 4.79 Å². The van der Waals surface area contributed by atoms with Crippen LogP contribution in [-0.2, 0) is 0 Å². The number of carbonyl (C=O) groups is 1. The van der Waals surface area contributed by atoms with E-state index in [1.807, 2.05) is 42.5 Å². The van der Waals surface area contributed by atoms with Gasteiger partial charge in [-0.25, -0.2) is 0 Å². The standard InChI is InChI=1S/C15H14N2O/c18-15-13-8-4-5-9-14(13)17(11-10-16-15)12-6-2-1-3-7-12/h1-9H,10-11H2,(H,16,18). The molecule has 0 aromatic heterocycles. The molecule has 0 atom stereocenters. The molecule has 0 saturated heterocycles. The van der Waals surface area contributed by atoms with E-state index in [4.69, 9.17) is 0 Å². The SMILES string of the molecule is O=C1NCCN(c2ccccc2)c2ccccc21. The largest absolute Gasteiger partial charge is 0.350 e. The number of amides is 1. The number of fused-ring (bicyclic) bond motifs is 1. The minimum absolute atomic E-state index is 0.00373. The Balaban J connectivity index is 2.11. The zero-order chi connectivity index (χ0) is 12.4. The van der Waals surface area contributed by atoms with Crippen LogP contribution >= 0.6 is 0 Å². The first-order valence-electron chi connectivity index (χ1n) is 6.06. The Morgan fingerprint density at radius 2 is 1.67 bits per heavy atom. The first-order chi connectivity index (χ1) is 8.86. The summed E-state index contributed by atoms with van der Waals surface area (Å²) >= 11 is 0. The molecule has 0 aliphatic carbocycles. The van der Waals surface area contributed by atoms with Crippen molar-refractivity contribution in [2.45, 2.75) is 0 Å². The van der Waals surface area contributed by atoms with Gasteiger partial charge in [-0.05, 0) is 24.3 Å². The maximum absolute atomic E-state index is 11.9. The predicted molar refractivity (Wildman–Crippen MR) is 72.2 cm³/mol. The summed E-state index contributed by atoms with van der Waals surface area (Å²) < 4.78 is 0. The number of anilines is 2. The fourth-order valence-electron chi connectivity index (χ4n) is 2.27. The van der Waals surface area contributed by atoms with Crippen LogP contribution < -0.4 is 10.2 Å². The fourth-order valence-corrected chi connectivity index (χ4v) is 2.27. The van der Waals surface area contributed by atoms with Crippen molar-refractivity contribution in [3.63, 3.8) is 0 Å². The van der Waals surface area contributed by atoms with Crippen LogP contribution in [0.5, 0.6) is 0 Å². The molecule has 2 aromatic rings. The van der Waals surface area contributed by atoms with Crippen LogP contribution in [-0.4, -0.2) is 19.0 Å². The van der Waals surface area contributed by atoms with E-state index in [1.54, 1.807) is 0 Å². The minimum Gasteiger partial charge on any atom is -0.350 e. The fraction of sp³-hybridized carbons (Fsp3) is 0.133. The van der Waals surface area contributed by atoms with Crippen molar-refractivity contribution in [3.05, 3.63) is 60.2 Å². The first kappa shape index (κ1) is 10.8. The Kier molecular flexibility index (Phi) is 2.73. The maximum Gasteiger partial charge on any atom is 0.253 e. The number of rotatable bonds is 1. The molecule has 0 saturated carbocycles. The third-order valence-corrected chi connectivity index (χ3v) is 3.13. The van der Waals surface area contributed by atoms with E-state index in [0.29, 0.717) is 6.54 Å². The molecule has 0 fully saturated rings. The lowest BCUT2D eigenvalue weighted by molar-refractivity contribution is 0.0958. The number of hydrogen-bond acceptors (Lipinski definition) is 2. The molecule has 3 heteroatoms. The Hall–Kier alpha value is -2.29. The highest BCUT2D eigenvalue weighted by Gasteiger charge is 2.20. The second-order valence-corrected chi connectivity index (χ2v) is 4.26. The number of carbonyl (C=O) groups excluding carboxylic acids is 1. The summed E-state index contributed by atoms with van der Waals surface area (Å²) in [6.45, 7) is 1.44. The van der Waals surface area contributed by atoms with Gasteiger partial charge in [0.2, 0.25) is 0 Å². The summed E-state index contributed by atoms with van der Waals surface area (Å²) in [5, 5.41) is 2.92. The smallest absolute Gasteiger partial charge is 0.253 e. The Morgan fingerprint density at radius 1 is 0.944 bits per heavy atom. The van der Waals surface area contributed by atoms with E-state index in [0.717, 1.165) is 23.5 Å². The number of hydrogen-bond donors (Lipinski definition) is 1. The van der Waals surface area contributed by atoms with Gasteiger partial charge in [0.1, 0.15) is 0 Å². The monoisotopic (exact) mass is 238 g/mol.